The minimum absolute atomic E-state index is 0.0995. The van der Waals surface area contributed by atoms with Crippen molar-refractivity contribution in [3.05, 3.63) is 29.8 Å². The number of carbonyl (C=O) groups excluding carboxylic acids is 4. The van der Waals surface area contributed by atoms with Crippen LogP contribution >= 0.6 is 0 Å². The van der Waals surface area contributed by atoms with Gasteiger partial charge in [0.1, 0.15) is 6.54 Å². The van der Waals surface area contributed by atoms with Crippen molar-refractivity contribution in [2.75, 3.05) is 31.5 Å². The maximum atomic E-state index is 12.1. The minimum atomic E-state index is -0.661. The number of Topliss-reactive ketones (excluding diaryl/α,β-unsaturated/α-hetero) is 1. The topological polar surface area (TPSA) is 86.8 Å². The summed E-state index contributed by atoms with van der Waals surface area (Å²) in [4.78, 5) is 49.8. The maximum absolute atomic E-state index is 12.1. The van der Waals surface area contributed by atoms with Crippen molar-refractivity contribution in [1.82, 2.24) is 9.80 Å². The summed E-state index contributed by atoms with van der Waals surface area (Å²) in [7, 11) is 0. The van der Waals surface area contributed by atoms with Crippen LogP contribution in [0.5, 0.6) is 0 Å². The number of anilines is 1. The molecule has 3 amide bonds. The molecule has 2 rings (SSSR count). The van der Waals surface area contributed by atoms with Crippen molar-refractivity contribution in [2.24, 2.45) is 0 Å². The van der Waals surface area contributed by atoms with E-state index in [4.69, 9.17) is 0 Å². The predicted molar refractivity (Wildman–Crippen MR) is 83.9 cm³/mol. The molecule has 122 valence electrons. The molecule has 1 aliphatic rings. The zero-order valence-corrected chi connectivity index (χ0v) is 13.2. The van der Waals surface area contributed by atoms with E-state index in [-0.39, 0.29) is 12.3 Å². The van der Waals surface area contributed by atoms with Gasteiger partial charge in [-0.25, -0.2) is 0 Å². The van der Waals surface area contributed by atoms with E-state index in [1.165, 1.54) is 16.7 Å². The van der Waals surface area contributed by atoms with Crippen molar-refractivity contribution >= 4 is 29.2 Å². The molecule has 0 radical (unpaired) electrons. The number of piperazine rings is 1. The largest absolute Gasteiger partial charge is 0.333 e. The molecule has 1 heterocycles. The van der Waals surface area contributed by atoms with Crippen LogP contribution in [-0.4, -0.2) is 59.5 Å². The molecule has 1 aromatic carbocycles. The fraction of sp³-hybridized carbons (Fsp3) is 0.375. The van der Waals surface area contributed by atoms with Gasteiger partial charge in [0.25, 0.3) is 0 Å². The van der Waals surface area contributed by atoms with Crippen LogP contribution in [0.3, 0.4) is 0 Å². The number of hydrogen-bond acceptors (Lipinski definition) is 4. The van der Waals surface area contributed by atoms with Gasteiger partial charge in [-0.05, 0) is 26.0 Å². The molecular formula is C16H19N3O4. The minimum Gasteiger partial charge on any atom is -0.333 e. The Morgan fingerprint density at radius 2 is 1.78 bits per heavy atom. The fourth-order valence-corrected chi connectivity index (χ4v) is 2.36. The molecule has 0 aliphatic carbocycles. The van der Waals surface area contributed by atoms with Crippen LogP contribution in [-0.2, 0) is 14.4 Å². The summed E-state index contributed by atoms with van der Waals surface area (Å²) in [5, 5.41) is 2.64. The first-order valence-corrected chi connectivity index (χ1v) is 7.41. The molecule has 1 aromatic rings. The summed E-state index contributed by atoms with van der Waals surface area (Å²) in [6, 6.07) is 6.56. The van der Waals surface area contributed by atoms with Gasteiger partial charge >= 0.3 is 11.8 Å². The molecular weight excluding hydrogens is 298 g/mol. The molecule has 0 aromatic heterocycles. The molecule has 0 saturated carbocycles. The van der Waals surface area contributed by atoms with E-state index in [1.54, 1.807) is 31.2 Å². The fourth-order valence-electron chi connectivity index (χ4n) is 2.36. The Morgan fingerprint density at radius 1 is 1.13 bits per heavy atom. The van der Waals surface area contributed by atoms with Crippen molar-refractivity contribution in [2.45, 2.75) is 13.8 Å². The molecule has 0 atom stereocenters. The Kier molecular flexibility index (Phi) is 5.10. The van der Waals surface area contributed by atoms with E-state index < -0.39 is 17.7 Å². The molecule has 1 fully saturated rings. The summed E-state index contributed by atoms with van der Waals surface area (Å²) >= 11 is 0. The number of rotatable bonds is 5. The second-order valence-corrected chi connectivity index (χ2v) is 5.30. The predicted octanol–water partition coefficient (Wildman–Crippen LogP) is 0.518. The van der Waals surface area contributed by atoms with Crippen LogP contribution < -0.4 is 5.32 Å². The van der Waals surface area contributed by atoms with Gasteiger partial charge in [-0.15, -0.1) is 0 Å². The molecule has 0 bridgehead atoms. The number of nitrogens with zero attached hydrogens (tertiary/aromatic N) is 2. The summed E-state index contributed by atoms with van der Waals surface area (Å²) in [5.74, 6) is -1.75. The summed E-state index contributed by atoms with van der Waals surface area (Å²) < 4.78 is 0. The standard InChI is InChI=1S/C16H19N3O4/c1-3-18-7-8-19(16(23)15(18)22)10-14(21)17-13-6-4-5-12(9-13)11(2)20/h4-6,9H,3,7-8,10H2,1-2H3,(H,17,21). The van der Waals surface area contributed by atoms with Crippen LogP contribution in [0.25, 0.3) is 0 Å². The number of likely N-dealkylation sites (N-methyl/N-ethyl adjacent to an activating group) is 1. The third-order valence-corrected chi connectivity index (χ3v) is 3.67. The van der Waals surface area contributed by atoms with Gasteiger partial charge in [-0.1, -0.05) is 12.1 Å². The average Bonchev–Trinajstić information content (AvgIpc) is 2.52. The molecule has 7 heteroatoms. The molecule has 23 heavy (non-hydrogen) atoms. The summed E-state index contributed by atoms with van der Waals surface area (Å²) in [5.41, 5.74) is 0.972. The number of carbonyl (C=O) groups is 4. The zero-order chi connectivity index (χ0) is 17.0. The van der Waals surface area contributed by atoms with E-state index in [1.807, 2.05) is 0 Å². The molecule has 7 nitrogen and oxygen atoms in total. The summed E-state index contributed by atoms with van der Waals surface area (Å²) in [6.07, 6.45) is 0. The van der Waals surface area contributed by atoms with Gasteiger partial charge < -0.3 is 15.1 Å². The molecule has 1 aliphatic heterocycles. The lowest BCUT2D eigenvalue weighted by molar-refractivity contribution is -0.156. The van der Waals surface area contributed by atoms with Crippen LogP contribution in [0.2, 0.25) is 0 Å². The smallest absolute Gasteiger partial charge is 0.312 e. The molecule has 1 saturated heterocycles. The van der Waals surface area contributed by atoms with Gasteiger partial charge in [0.15, 0.2) is 5.78 Å². The van der Waals surface area contributed by atoms with Crippen LogP contribution in [0, 0.1) is 0 Å². The lowest BCUT2D eigenvalue weighted by Gasteiger charge is -2.32. The monoisotopic (exact) mass is 317 g/mol. The SMILES string of the molecule is CCN1CCN(CC(=O)Nc2cccc(C(C)=O)c2)C(=O)C1=O. The van der Waals surface area contributed by atoms with Crippen molar-refractivity contribution in [1.29, 1.82) is 0 Å². The number of amides is 3. The molecule has 1 N–H and O–H groups in total. The Hall–Kier alpha value is -2.70. The van der Waals surface area contributed by atoms with Crippen molar-refractivity contribution < 1.29 is 19.2 Å². The Bertz CT molecular complexity index is 656. The van der Waals surface area contributed by atoms with E-state index in [0.29, 0.717) is 30.9 Å². The second kappa shape index (κ2) is 7.04. The van der Waals surface area contributed by atoms with Gasteiger partial charge in [-0.3, -0.25) is 19.2 Å². The Morgan fingerprint density at radius 3 is 2.43 bits per heavy atom. The van der Waals surface area contributed by atoms with Crippen molar-refractivity contribution in [3.63, 3.8) is 0 Å². The quantitative estimate of drug-likeness (QED) is 0.633. The number of benzene rings is 1. The first kappa shape index (κ1) is 16.7. The van der Waals surface area contributed by atoms with Crippen molar-refractivity contribution in [3.8, 4) is 0 Å². The van der Waals surface area contributed by atoms with Crippen LogP contribution in [0.4, 0.5) is 5.69 Å². The zero-order valence-electron chi connectivity index (χ0n) is 13.2. The summed E-state index contributed by atoms with van der Waals surface area (Å²) in [6.45, 7) is 4.29. The van der Waals surface area contributed by atoms with Gasteiger partial charge in [-0.2, -0.15) is 0 Å². The maximum Gasteiger partial charge on any atom is 0.312 e. The van der Waals surface area contributed by atoms with Gasteiger partial charge in [0.05, 0.1) is 0 Å². The Balaban J connectivity index is 1.97. The lowest BCUT2D eigenvalue weighted by atomic mass is 10.1. The molecule has 0 unspecified atom stereocenters. The normalized spacial score (nSPS) is 14.9. The number of ketones is 1. The molecule has 0 spiro atoms. The van der Waals surface area contributed by atoms with Gasteiger partial charge in [0.2, 0.25) is 5.91 Å². The van der Waals surface area contributed by atoms with Gasteiger partial charge in [0, 0.05) is 30.9 Å². The first-order valence-electron chi connectivity index (χ1n) is 7.41. The van der Waals surface area contributed by atoms with Crippen LogP contribution in [0.1, 0.15) is 24.2 Å². The van der Waals surface area contributed by atoms with E-state index >= 15 is 0 Å². The highest BCUT2D eigenvalue weighted by molar-refractivity contribution is 6.35. The lowest BCUT2D eigenvalue weighted by Crippen LogP contribution is -2.55. The Labute approximate surface area is 134 Å². The second-order valence-electron chi connectivity index (χ2n) is 5.30. The highest BCUT2D eigenvalue weighted by Crippen LogP contribution is 2.12. The number of nitrogens with one attached hydrogen (secondary N) is 1. The van der Waals surface area contributed by atoms with E-state index in [0.717, 1.165) is 0 Å². The third kappa shape index (κ3) is 3.94. The number of hydrogen-bond donors (Lipinski definition) is 1. The van der Waals surface area contributed by atoms with Crippen LogP contribution in [0.15, 0.2) is 24.3 Å². The van der Waals surface area contributed by atoms with E-state index in [9.17, 15) is 19.2 Å². The third-order valence-electron chi connectivity index (χ3n) is 3.67. The van der Waals surface area contributed by atoms with E-state index in [2.05, 4.69) is 5.32 Å². The average molecular weight is 317 g/mol. The highest BCUT2D eigenvalue weighted by atomic mass is 16.2. The highest BCUT2D eigenvalue weighted by Gasteiger charge is 2.32. The first-order chi connectivity index (χ1) is 10.9.